The lowest BCUT2D eigenvalue weighted by atomic mass is 10.1. The third-order valence-corrected chi connectivity index (χ3v) is 4.70. The molecule has 0 unspecified atom stereocenters. The number of anilines is 2. The summed E-state index contributed by atoms with van der Waals surface area (Å²) in [7, 11) is 1.62. The first-order chi connectivity index (χ1) is 11.4. The number of amides is 2. The van der Waals surface area contributed by atoms with Gasteiger partial charge in [0.15, 0.2) is 11.7 Å². The van der Waals surface area contributed by atoms with Gasteiger partial charge < -0.3 is 10.6 Å². The second-order valence-electron chi connectivity index (χ2n) is 5.56. The number of hydrogen-bond donors (Lipinski definition) is 2. The van der Waals surface area contributed by atoms with E-state index >= 15 is 0 Å². The lowest BCUT2D eigenvalue weighted by Crippen LogP contribution is -2.85. The van der Waals surface area contributed by atoms with E-state index in [9.17, 15) is 9.59 Å². The highest BCUT2D eigenvalue weighted by atomic mass is 32.1. The largest absolute Gasteiger partial charge is 0.354 e. The summed E-state index contributed by atoms with van der Waals surface area (Å²) in [5.74, 6) is -0.0925. The lowest BCUT2D eigenvalue weighted by Gasteiger charge is -2.21. The second kappa shape index (κ2) is 8.03. The Morgan fingerprint density at radius 3 is 2.75 bits per heavy atom. The molecule has 0 fully saturated rings. The summed E-state index contributed by atoms with van der Waals surface area (Å²) in [6, 6.07) is 5.90. The van der Waals surface area contributed by atoms with Crippen LogP contribution in [0.1, 0.15) is 23.7 Å². The Bertz CT molecular complexity index is 742. The normalized spacial score (nSPS) is 10.5. The molecule has 2 aromatic rings. The molecule has 24 heavy (non-hydrogen) atoms. The minimum atomic E-state index is -0.0704. The van der Waals surface area contributed by atoms with E-state index in [-0.39, 0.29) is 11.8 Å². The van der Waals surface area contributed by atoms with E-state index in [4.69, 9.17) is 0 Å². The van der Waals surface area contributed by atoms with Crippen LogP contribution in [0.15, 0.2) is 23.6 Å². The number of likely N-dealkylation sites (N-methyl/N-ethyl adjacent to an activating group) is 1. The highest BCUT2D eigenvalue weighted by molar-refractivity contribution is 7.14. The molecule has 128 valence electrons. The smallest absolute Gasteiger partial charge is 0.274 e. The third-order valence-electron chi connectivity index (χ3n) is 3.82. The number of carbonyl (C=O) groups excluding carboxylic acids is 2. The zero-order valence-electron chi connectivity index (χ0n) is 14.4. The van der Waals surface area contributed by atoms with E-state index < -0.39 is 0 Å². The Labute approximate surface area is 145 Å². The first kappa shape index (κ1) is 18.1. The van der Waals surface area contributed by atoms with Crippen LogP contribution >= 0.6 is 11.3 Å². The summed E-state index contributed by atoms with van der Waals surface area (Å²) in [6.45, 7) is 6.53. The molecule has 2 amide bonds. The van der Waals surface area contributed by atoms with Gasteiger partial charge in [0, 0.05) is 19.4 Å². The summed E-state index contributed by atoms with van der Waals surface area (Å²) >= 11 is 1.43. The summed E-state index contributed by atoms with van der Waals surface area (Å²) in [5, 5.41) is 7.04. The maximum absolute atomic E-state index is 12.2. The van der Waals surface area contributed by atoms with Crippen molar-refractivity contribution in [3.63, 3.8) is 0 Å². The molecule has 7 heteroatoms. The number of nitrogens with two attached hydrogens (primary N) is 1. The first-order valence-corrected chi connectivity index (χ1v) is 8.65. The number of nitrogens with one attached hydrogen (secondary N) is 1. The van der Waals surface area contributed by atoms with Gasteiger partial charge in [-0.25, -0.2) is 4.98 Å². The SMILES string of the molecule is CNC(=O)C[NH2+]Cc1csc(N(C(C)=O)c2cccc(C)c2C)n1. The predicted molar refractivity (Wildman–Crippen MR) is 95.4 cm³/mol. The number of quaternary nitrogens is 1. The fraction of sp³-hybridized carbons (Fsp3) is 0.353. The molecule has 0 spiro atoms. The van der Waals surface area contributed by atoms with Gasteiger partial charge in [-0.3, -0.25) is 14.5 Å². The Morgan fingerprint density at radius 1 is 1.33 bits per heavy atom. The molecule has 0 aliphatic rings. The zero-order chi connectivity index (χ0) is 17.7. The number of aryl methyl sites for hydroxylation is 1. The molecule has 1 aromatic carbocycles. The average molecular weight is 347 g/mol. The number of hydrogen-bond acceptors (Lipinski definition) is 4. The van der Waals surface area contributed by atoms with Crippen LogP contribution < -0.4 is 15.5 Å². The van der Waals surface area contributed by atoms with Gasteiger partial charge in [0.05, 0.1) is 5.69 Å². The molecule has 0 atom stereocenters. The molecule has 2 rings (SSSR count). The Morgan fingerprint density at radius 2 is 2.08 bits per heavy atom. The quantitative estimate of drug-likeness (QED) is 0.825. The summed E-state index contributed by atoms with van der Waals surface area (Å²) < 4.78 is 0. The molecule has 0 aliphatic carbocycles. The van der Waals surface area contributed by atoms with Gasteiger partial charge in [-0.1, -0.05) is 12.1 Å². The fourth-order valence-corrected chi connectivity index (χ4v) is 3.22. The van der Waals surface area contributed by atoms with Gasteiger partial charge in [0.2, 0.25) is 5.91 Å². The summed E-state index contributed by atoms with van der Waals surface area (Å²) in [5.41, 5.74) is 3.92. The molecule has 0 bridgehead atoms. The molecule has 1 heterocycles. The number of aromatic nitrogens is 1. The molecule has 0 aliphatic heterocycles. The molecule has 3 N–H and O–H groups in total. The highest BCUT2D eigenvalue weighted by Gasteiger charge is 2.20. The van der Waals surface area contributed by atoms with Crippen molar-refractivity contribution in [3.05, 3.63) is 40.4 Å². The summed E-state index contributed by atoms with van der Waals surface area (Å²) in [4.78, 5) is 29.6. The van der Waals surface area contributed by atoms with Crippen LogP contribution in [0.3, 0.4) is 0 Å². The Kier molecular flexibility index (Phi) is 6.05. The maximum Gasteiger partial charge on any atom is 0.274 e. The van der Waals surface area contributed by atoms with Crippen molar-refractivity contribution < 1.29 is 14.9 Å². The van der Waals surface area contributed by atoms with Crippen LogP contribution in [0.2, 0.25) is 0 Å². The number of rotatable bonds is 6. The summed E-state index contributed by atoms with van der Waals surface area (Å²) in [6.07, 6.45) is 0. The highest BCUT2D eigenvalue weighted by Crippen LogP contribution is 2.32. The number of thiazole rings is 1. The maximum atomic E-state index is 12.2. The van der Waals surface area contributed by atoms with Crippen molar-refractivity contribution in [3.8, 4) is 0 Å². The van der Waals surface area contributed by atoms with Crippen LogP contribution in [0.25, 0.3) is 0 Å². The molecular formula is C17H23N4O2S+. The van der Waals surface area contributed by atoms with E-state index in [0.29, 0.717) is 18.2 Å². The lowest BCUT2D eigenvalue weighted by molar-refractivity contribution is -0.660. The number of benzene rings is 1. The van der Waals surface area contributed by atoms with E-state index in [1.807, 2.05) is 42.7 Å². The van der Waals surface area contributed by atoms with Gasteiger partial charge in [0.1, 0.15) is 12.2 Å². The first-order valence-electron chi connectivity index (χ1n) is 7.77. The molecular weight excluding hydrogens is 324 g/mol. The third kappa shape index (κ3) is 4.18. The van der Waals surface area contributed by atoms with Crippen LogP contribution in [0.4, 0.5) is 10.8 Å². The minimum absolute atomic E-state index is 0.0220. The van der Waals surface area contributed by atoms with Crippen molar-refractivity contribution in [1.82, 2.24) is 10.3 Å². The van der Waals surface area contributed by atoms with Crippen LogP contribution in [0, 0.1) is 13.8 Å². The van der Waals surface area contributed by atoms with Crippen molar-refractivity contribution >= 4 is 34.0 Å². The van der Waals surface area contributed by atoms with Gasteiger partial charge in [-0.2, -0.15) is 0 Å². The van der Waals surface area contributed by atoms with Gasteiger partial charge >= 0.3 is 0 Å². The molecule has 1 aromatic heterocycles. The average Bonchev–Trinajstić information content (AvgIpc) is 2.99. The Balaban J connectivity index is 2.19. The van der Waals surface area contributed by atoms with E-state index in [1.54, 1.807) is 18.9 Å². The van der Waals surface area contributed by atoms with E-state index in [0.717, 1.165) is 22.5 Å². The van der Waals surface area contributed by atoms with Crippen LogP contribution in [-0.2, 0) is 16.1 Å². The van der Waals surface area contributed by atoms with Crippen molar-refractivity contribution in [2.45, 2.75) is 27.3 Å². The van der Waals surface area contributed by atoms with Crippen molar-refractivity contribution in [1.29, 1.82) is 0 Å². The fourth-order valence-electron chi connectivity index (χ4n) is 2.33. The van der Waals surface area contributed by atoms with Crippen LogP contribution in [0.5, 0.6) is 0 Å². The van der Waals surface area contributed by atoms with Gasteiger partial charge in [0.25, 0.3) is 5.91 Å². The van der Waals surface area contributed by atoms with Gasteiger partial charge in [-0.05, 0) is 31.0 Å². The van der Waals surface area contributed by atoms with Crippen molar-refractivity contribution in [2.24, 2.45) is 0 Å². The number of nitrogens with zero attached hydrogens (tertiary/aromatic N) is 2. The standard InChI is InChI=1S/C17H22N4O2S/c1-11-6-5-7-15(12(11)2)21(13(3)22)17-20-14(10-24-17)8-19-9-16(23)18-4/h5-7,10,19H,8-9H2,1-4H3,(H,18,23)/p+1. The van der Waals surface area contributed by atoms with E-state index in [2.05, 4.69) is 10.3 Å². The molecule has 0 radical (unpaired) electrons. The molecule has 0 saturated carbocycles. The Hall–Kier alpha value is -2.25. The topological polar surface area (TPSA) is 78.9 Å². The van der Waals surface area contributed by atoms with Gasteiger partial charge in [-0.15, -0.1) is 11.3 Å². The van der Waals surface area contributed by atoms with Crippen LogP contribution in [-0.4, -0.2) is 30.4 Å². The number of carbonyl (C=O) groups is 2. The van der Waals surface area contributed by atoms with Crippen molar-refractivity contribution in [2.75, 3.05) is 18.5 Å². The molecule has 6 nitrogen and oxygen atoms in total. The molecule has 0 saturated heterocycles. The minimum Gasteiger partial charge on any atom is -0.354 e. The second-order valence-corrected chi connectivity index (χ2v) is 6.40. The monoisotopic (exact) mass is 347 g/mol. The predicted octanol–water partition coefficient (Wildman–Crippen LogP) is 1.25. The zero-order valence-corrected chi connectivity index (χ0v) is 15.2. The van der Waals surface area contributed by atoms with E-state index in [1.165, 1.54) is 11.3 Å².